The molecule has 1 saturated heterocycles. The summed E-state index contributed by atoms with van der Waals surface area (Å²) in [7, 11) is 0. The maximum Gasteiger partial charge on any atom is 0.327 e. The number of carboxylic acids is 1. The molecule has 3 rings (SSSR count). The van der Waals surface area contributed by atoms with Crippen LogP contribution < -0.4 is 5.73 Å². The molecule has 0 radical (unpaired) electrons. The minimum Gasteiger partial charge on any atom is -0.480 e. The number of rotatable bonds is 1. The topological polar surface area (TPSA) is 83.6 Å². The number of carbonyl (C=O) groups is 2. The molecule has 106 valence electrons. The molecule has 2 aliphatic heterocycles. The Hall–Kier alpha value is -1.53. The summed E-state index contributed by atoms with van der Waals surface area (Å²) in [6.45, 7) is 0. The molecule has 2 aliphatic rings. The first kappa shape index (κ1) is 13.5. The third-order valence-corrected chi connectivity index (χ3v) is 5.04. The van der Waals surface area contributed by atoms with Gasteiger partial charge in [-0.25, -0.2) is 4.79 Å². The highest BCUT2D eigenvalue weighted by Crippen LogP contribution is 2.37. The third-order valence-electron chi connectivity index (χ3n) is 3.93. The van der Waals surface area contributed by atoms with Crippen molar-refractivity contribution < 1.29 is 14.7 Å². The van der Waals surface area contributed by atoms with E-state index in [1.54, 1.807) is 11.8 Å². The Morgan fingerprint density at radius 1 is 1.35 bits per heavy atom. The van der Waals surface area contributed by atoms with E-state index < -0.39 is 18.1 Å². The Morgan fingerprint density at radius 2 is 2.10 bits per heavy atom. The molecule has 5 nitrogen and oxygen atoms in total. The number of carboxylic acid groups (broad SMARTS) is 1. The molecular weight excluding hydrogens is 276 g/mol. The second-order valence-corrected chi connectivity index (χ2v) is 6.24. The molecule has 1 amide bonds. The van der Waals surface area contributed by atoms with Gasteiger partial charge in [-0.05, 0) is 17.5 Å². The van der Waals surface area contributed by atoms with Crippen molar-refractivity contribution in [2.45, 2.75) is 24.5 Å². The Labute approximate surface area is 121 Å². The van der Waals surface area contributed by atoms with Crippen LogP contribution in [0.5, 0.6) is 0 Å². The number of thioether (sulfide) groups is 1. The van der Waals surface area contributed by atoms with Crippen molar-refractivity contribution >= 4 is 23.6 Å². The summed E-state index contributed by atoms with van der Waals surface area (Å²) < 4.78 is 0. The molecule has 1 fully saturated rings. The van der Waals surface area contributed by atoms with E-state index in [0.717, 1.165) is 16.9 Å². The summed E-state index contributed by atoms with van der Waals surface area (Å²) in [5, 5.41) is 9.37. The molecule has 6 heteroatoms. The van der Waals surface area contributed by atoms with Gasteiger partial charge in [0.05, 0.1) is 12.1 Å². The Kier molecular flexibility index (Phi) is 3.43. The number of nitrogens with two attached hydrogens (primary N) is 1. The van der Waals surface area contributed by atoms with Crippen molar-refractivity contribution in [2.24, 2.45) is 5.73 Å². The summed E-state index contributed by atoms with van der Waals surface area (Å²) in [5.74, 6) is -0.0628. The van der Waals surface area contributed by atoms with Gasteiger partial charge in [0.15, 0.2) is 0 Å². The number of benzene rings is 1. The molecule has 0 spiro atoms. The molecule has 3 atom stereocenters. The summed E-state index contributed by atoms with van der Waals surface area (Å²) in [4.78, 5) is 25.4. The molecule has 20 heavy (non-hydrogen) atoms. The van der Waals surface area contributed by atoms with Crippen LogP contribution in [0.25, 0.3) is 0 Å². The van der Waals surface area contributed by atoms with Gasteiger partial charge in [-0.1, -0.05) is 24.3 Å². The minimum absolute atomic E-state index is 0.188. The molecule has 2 heterocycles. The van der Waals surface area contributed by atoms with Crippen molar-refractivity contribution in [1.29, 1.82) is 0 Å². The standard InChI is InChI=1S/C14H16N2O3S/c15-10-5-8-3-1-2-4-9(8)11-6-20-7-12(14(18)19)16(11)13(10)17/h1-4,10-12H,5-7,15H2,(H,18,19)/t10-,11+,12-/m0/s1. The minimum atomic E-state index is -0.956. The first-order chi connectivity index (χ1) is 9.59. The summed E-state index contributed by atoms with van der Waals surface area (Å²) in [6.07, 6.45) is 0.471. The number of amides is 1. The van der Waals surface area contributed by atoms with E-state index in [2.05, 4.69) is 0 Å². The van der Waals surface area contributed by atoms with E-state index in [9.17, 15) is 14.7 Å². The second kappa shape index (κ2) is 5.10. The average Bonchev–Trinajstić information content (AvgIpc) is 2.55. The highest BCUT2D eigenvalue weighted by atomic mass is 32.2. The van der Waals surface area contributed by atoms with E-state index in [4.69, 9.17) is 5.73 Å². The molecule has 0 aromatic heterocycles. The highest BCUT2D eigenvalue weighted by Gasteiger charge is 2.43. The number of hydrogen-bond acceptors (Lipinski definition) is 4. The second-order valence-electron chi connectivity index (χ2n) is 5.16. The third kappa shape index (κ3) is 2.09. The van der Waals surface area contributed by atoms with E-state index >= 15 is 0 Å². The highest BCUT2D eigenvalue weighted by molar-refractivity contribution is 7.99. The number of hydrogen-bond donors (Lipinski definition) is 2. The smallest absolute Gasteiger partial charge is 0.327 e. The van der Waals surface area contributed by atoms with Gasteiger partial charge in [-0.15, -0.1) is 0 Å². The van der Waals surface area contributed by atoms with Crippen molar-refractivity contribution in [3.05, 3.63) is 35.4 Å². The molecule has 3 N–H and O–H groups in total. The van der Waals surface area contributed by atoms with Gasteiger partial charge < -0.3 is 15.7 Å². The molecule has 0 bridgehead atoms. The average molecular weight is 292 g/mol. The maximum atomic E-state index is 12.5. The molecule has 1 aromatic rings. The SMILES string of the molecule is N[C@H]1Cc2ccccc2[C@H]2CSC[C@@H](C(=O)O)N2C1=O. The van der Waals surface area contributed by atoms with Crippen LogP contribution >= 0.6 is 11.8 Å². The Bertz CT molecular complexity index is 563. The molecule has 0 aliphatic carbocycles. The molecule has 1 aromatic carbocycles. The van der Waals surface area contributed by atoms with Crippen LogP contribution in [0.3, 0.4) is 0 Å². The fourth-order valence-corrected chi connectivity index (χ4v) is 4.19. The predicted octanol–water partition coefficient (Wildman–Crippen LogP) is 0.640. The van der Waals surface area contributed by atoms with Gasteiger partial charge in [0.2, 0.25) is 5.91 Å². The van der Waals surface area contributed by atoms with Crippen molar-refractivity contribution in [2.75, 3.05) is 11.5 Å². The summed E-state index contributed by atoms with van der Waals surface area (Å²) >= 11 is 1.58. The van der Waals surface area contributed by atoms with Crippen LogP contribution in [0.15, 0.2) is 24.3 Å². The summed E-state index contributed by atoms with van der Waals surface area (Å²) in [6, 6.07) is 6.16. The fraction of sp³-hybridized carbons (Fsp3) is 0.429. The van der Waals surface area contributed by atoms with Crippen LogP contribution in [0.1, 0.15) is 17.2 Å². The number of aliphatic carboxylic acids is 1. The fourth-order valence-electron chi connectivity index (χ4n) is 2.97. The van der Waals surface area contributed by atoms with Gasteiger partial charge in [0.25, 0.3) is 0 Å². The number of nitrogens with zero attached hydrogens (tertiary/aromatic N) is 1. The van der Waals surface area contributed by atoms with Crippen LogP contribution in [-0.4, -0.2) is 45.5 Å². The lowest BCUT2D eigenvalue weighted by atomic mass is 9.98. The van der Waals surface area contributed by atoms with Gasteiger partial charge in [-0.2, -0.15) is 11.8 Å². The lowest BCUT2D eigenvalue weighted by Gasteiger charge is -2.40. The van der Waals surface area contributed by atoms with Crippen LogP contribution in [0.4, 0.5) is 0 Å². The molecule has 0 saturated carbocycles. The zero-order chi connectivity index (χ0) is 14.3. The largest absolute Gasteiger partial charge is 0.480 e. The maximum absolute atomic E-state index is 12.5. The quantitative estimate of drug-likeness (QED) is 0.793. The van der Waals surface area contributed by atoms with Gasteiger partial charge >= 0.3 is 5.97 Å². The van der Waals surface area contributed by atoms with Crippen molar-refractivity contribution in [1.82, 2.24) is 4.90 Å². The number of carbonyl (C=O) groups excluding carboxylic acids is 1. The van der Waals surface area contributed by atoms with Gasteiger partial charge in [-0.3, -0.25) is 4.79 Å². The normalized spacial score (nSPS) is 29.4. The predicted molar refractivity (Wildman–Crippen MR) is 76.5 cm³/mol. The van der Waals surface area contributed by atoms with Gasteiger partial charge in [0.1, 0.15) is 6.04 Å². The van der Waals surface area contributed by atoms with Crippen LogP contribution in [0.2, 0.25) is 0 Å². The van der Waals surface area contributed by atoms with E-state index in [1.165, 1.54) is 4.90 Å². The first-order valence-corrected chi connectivity index (χ1v) is 7.71. The monoisotopic (exact) mass is 292 g/mol. The van der Waals surface area contributed by atoms with Crippen LogP contribution in [0, 0.1) is 0 Å². The first-order valence-electron chi connectivity index (χ1n) is 6.55. The molecule has 0 unspecified atom stereocenters. The molecular formula is C14H16N2O3S. The van der Waals surface area contributed by atoms with Crippen molar-refractivity contribution in [3.63, 3.8) is 0 Å². The Morgan fingerprint density at radius 3 is 2.85 bits per heavy atom. The lowest BCUT2D eigenvalue weighted by molar-refractivity contribution is -0.151. The van der Waals surface area contributed by atoms with Crippen LogP contribution in [-0.2, 0) is 16.0 Å². The van der Waals surface area contributed by atoms with E-state index in [0.29, 0.717) is 12.2 Å². The van der Waals surface area contributed by atoms with Crippen molar-refractivity contribution in [3.8, 4) is 0 Å². The van der Waals surface area contributed by atoms with Gasteiger partial charge in [0, 0.05) is 11.5 Å². The number of fused-ring (bicyclic) bond motifs is 3. The zero-order valence-corrected chi connectivity index (χ0v) is 11.7. The Balaban J connectivity index is 2.10. The van der Waals surface area contributed by atoms with E-state index in [1.807, 2.05) is 24.3 Å². The summed E-state index contributed by atoms with van der Waals surface area (Å²) in [5.41, 5.74) is 8.05. The zero-order valence-electron chi connectivity index (χ0n) is 10.9. The lowest BCUT2D eigenvalue weighted by Crippen LogP contribution is -2.55. The van der Waals surface area contributed by atoms with E-state index in [-0.39, 0.29) is 11.9 Å².